The SMILES string of the molecule is OC1(c2nnnn2Cc2ccccc2)CCCCC1. The highest BCUT2D eigenvalue weighted by Crippen LogP contribution is 2.35. The van der Waals surface area contributed by atoms with Gasteiger partial charge < -0.3 is 5.11 Å². The number of hydrogen-bond acceptors (Lipinski definition) is 4. The van der Waals surface area contributed by atoms with Crippen LogP contribution in [0, 0.1) is 0 Å². The predicted molar refractivity (Wildman–Crippen MR) is 70.3 cm³/mol. The zero-order valence-corrected chi connectivity index (χ0v) is 10.9. The smallest absolute Gasteiger partial charge is 0.183 e. The van der Waals surface area contributed by atoms with Gasteiger partial charge in [-0.25, -0.2) is 4.68 Å². The Bertz CT molecular complexity index is 531. The zero-order chi connectivity index (χ0) is 13.1. The van der Waals surface area contributed by atoms with Crippen molar-refractivity contribution in [3.05, 3.63) is 41.7 Å². The van der Waals surface area contributed by atoms with E-state index in [9.17, 15) is 5.11 Å². The van der Waals surface area contributed by atoms with E-state index in [1.807, 2.05) is 30.3 Å². The van der Waals surface area contributed by atoms with Crippen LogP contribution in [0.5, 0.6) is 0 Å². The van der Waals surface area contributed by atoms with Crippen molar-refractivity contribution in [2.75, 3.05) is 0 Å². The Kier molecular flexibility index (Phi) is 3.29. The molecule has 1 aromatic heterocycles. The molecule has 0 saturated heterocycles. The van der Waals surface area contributed by atoms with Crippen molar-refractivity contribution >= 4 is 0 Å². The van der Waals surface area contributed by atoms with Crippen LogP contribution >= 0.6 is 0 Å². The van der Waals surface area contributed by atoms with Crippen LogP contribution in [-0.2, 0) is 12.1 Å². The van der Waals surface area contributed by atoms with Gasteiger partial charge in [0.2, 0.25) is 0 Å². The molecule has 0 unspecified atom stereocenters. The van der Waals surface area contributed by atoms with Crippen molar-refractivity contribution in [1.29, 1.82) is 0 Å². The second kappa shape index (κ2) is 5.09. The summed E-state index contributed by atoms with van der Waals surface area (Å²) in [6.07, 6.45) is 4.76. The van der Waals surface area contributed by atoms with Crippen molar-refractivity contribution in [3.63, 3.8) is 0 Å². The van der Waals surface area contributed by atoms with Gasteiger partial charge in [-0.05, 0) is 28.8 Å². The highest BCUT2D eigenvalue weighted by molar-refractivity contribution is 5.15. The minimum Gasteiger partial charge on any atom is -0.382 e. The van der Waals surface area contributed by atoms with Crippen LogP contribution in [0.3, 0.4) is 0 Å². The van der Waals surface area contributed by atoms with Crippen molar-refractivity contribution in [2.45, 2.75) is 44.2 Å². The lowest BCUT2D eigenvalue weighted by atomic mass is 9.84. The van der Waals surface area contributed by atoms with E-state index in [4.69, 9.17) is 0 Å². The summed E-state index contributed by atoms with van der Waals surface area (Å²) in [5, 5.41) is 22.6. The second-order valence-corrected chi connectivity index (χ2v) is 5.24. The van der Waals surface area contributed by atoms with Crippen LogP contribution < -0.4 is 0 Å². The summed E-state index contributed by atoms with van der Waals surface area (Å²) in [6.45, 7) is 0.603. The first kappa shape index (κ1) is 12.3. The van der Waals surface area contributed by atoms with Crippen LogP contribution in [0.15, 0.2) is 30.3 Å². The van der Waals surface area contributed by atoms with Gasteiger partial charge in [0, 0.05) is 0 Å². The van der Waals surface area contributed by atoms with Gasteiger partial charge in [-0.1, -0.05) is 49.6 Å². The normalized spacial score (nSPS) is 18.4. The minimum atomic E-state index is -0.851. The summed E-state index contributed by atoms with van der Waals surface area (Å²) in [6, 6.07) is 10.1. The molecule has 1 aliphatic rings. The number of aromatic nitrogens is 4. The van der Waals surface area contributed by atoms with Crippen LogP contribution in [0.4, 0.5) is 0 Å². The largest absolute Gasteiger partial charge is 0.382 e. The molecule has 1 aromatic carbocycles. The van der Waals surface area contributed by atoms with Crippen LogP contribution in [0.2, 0.25) is 0 Å². The van der Waals surface area contributed by atoms with Crippen molar-refractivity contribution < 1.29 is 5.11 Å². The summed E-state index contributed by atoms with van der Waals surface area (Å²) < 4.78 is 1.72. The average Bonchev–Trinajstić information content (AvgIpc) is 2.90. The van der Waals surface area contributed by atoms with Crippen LogP contribution in [0.25, 0.3) is 0 Å². The Morgan fingerprint density at radius 2 is 1.84 bits per heavy atom. The molecule has 1 heterocycles. The summed E-state index contributed by atoms with van der Waals surface area (Å²) in [7, 11) is 0. The third-order valence-corrected chi connectivity index (χ3v) is 3.80. The molecule has 0 aliphatic heterocycles. The lowest BCUT2D eigenvalue weighted by Gasteiger charge is -2.30. The van der Waals surface area contributed by atoms with Gasteiger partial charge in [0.05, 0.1) is 6.54 Å². The van der Waals surface area contributed by atoms with Gasteiger partial charge in [-0.15, -0.1) is 5.10 Å². The highest BCUT2D eigenvalue weighted by atomic mass is 16.3. The van der Waals surface area contributed by atoms with E-state index in [0.29, 0.717) is 12.4 Å². The standard InChI is InChI=1S/C14H18N4O/c19-14(9-5-2-6-10-14)13-15-16-17-18(13)11-12-7-3-1-4-8-12/h1,3-4,7-8,19H,2,5-6,9-11H2. The topological polar surface area (TPSA) is 63.8 Å². The van der Waals surface area contributed by atoms with Gasteiger partial charge in [0.25, 0.3) is 0 Å². The first-order chi connectivity index (χ1) is 9.28. The summed E-state index contributed by atoms with van der Waals surface area (Å²) in [5.74, 6) is 0.607. The van der Waals surface area contributed by atoms with E-state index >= 15 is 0 Å². The number of rotatable bonds is 3. The Balaban J connectivity index is 1.86. The van der Waals surface area contributed by atoms with Gasteiger partial charge in [-0.3, -0.25) is 0 Å². The summed E-state index contributed by atoms with van der Waals surface area (Å²) >= 11 is 0. The molecule has 3 rings (SSSR count). The Morgan fingerprint density at radius 3 is 2.58 bits per heavy atom. The maximum Gasteiger partial charge on any atom is 0.183 e. The third-order valence-electron chi connectivity index (χ3n) is 3.80. The maximum absolute atomic E-state index is 10.7. The van der Waals surface area contributed by atoms with Gasteiger partial charge >= 0.3 is 0 Å². The van der Waals surface area contributed by atoms with Crippen molar-refractivity contribution in [2.24, 2.45) is 0 Å². The van der Waals surface area contributed by atoms with Gasteiger partial charge in [0.1, 0.15) is 5.60 Å². The molecule has 0 amide bonds. The molecule has 19 heavy (non-hydrogen) atoms. The van der Waals surface area contributed by atoms with E-state index in [2.05, 4.69) is 15.5 Å². The maximum atomic E-state index is 10.7. The van der Waals surface area contributed by atoms with Crippen LogP contribution in [-0.4, -0.2) is 25.3 Å². The molecule has 1 N–H and O–H groups in total. The number of tetrazole rings is 1. The molecule has 1 saturated carbocycles. The fraction of sp³-hybridized carbons (Fsp3) is 0.500. The molecule has 5 heteroatoms. The fourth-order valence-corrected chi connectivity index (χ4v) is 2.76. The number of benzene rings is 1. The highest BCUT2D eigenvalue weighted by Gasteiger charge is 2.36. The molecular weight excluding hydrogens is 240 g/mol. The fourth-order valence-electron chi connectivity index (χ4n) is 2.76. The molecular formula is C14H18N4O. The first-order valence-electron chi connectivity index (χ1n) is 6.81. The van der Waals surface area contributed by atoms with E-state index < -0.39 is 5.60 Å². The molecule has 0 spiro atoms. The molecule has 2 aromatic rings. The predicted octanol–water partition coefficient (Wildman–Crippen LogP) is 1.87. The van der Waals surface area contributed by atoms with Crippen molar-refractivity contribution in [3.8, 4) is 0 Å². The first-order valence-corrected chi connectivity index (χ1v) is 6.81. The van der Waals surface area contributed by atoms with E-state index in [0.717, 1.165) is 31.2 Å². The number of aliphatic hydroxyl groups is 1. The lowest BCUT2D eigenvalue weighted by molar-refractivity contribution is -0.0127. The second-order valence-electron chi connectivity index (χ2n) is 5.24. The summed E-state index contributed by atoms with van der Waals surface area (Å²) in [4.78, 5) is 0. The molecule has 5 nitrogen and oxygen atoms in total. The van der Waals surface area contributed by atoms with Gasteiger partial charge in [0.15, 0.2) is 5.82 Å². The Morgan fingerprint density at radius 1 is 1.11 bits per heavy atom. The van der Waals surface area contributed by atoms with E-state index in [1.165, 1.54) is 6.42 Å². The average molecular weight is 258 g/mol. The molecule has 0 radical (unpaired) electrons. The lowest BCUT2D eigenvalue weighted by Crippen LogP contribution is -2.32. The number of hydrogen-bond donors (Lipinski definition) is 1. The molecule has 1 fully saturated rings. The third kappa shape index (κ3) is 2.51. The van der Waals surface area contributed by atoms with E-state index in [1.54, 1.807) is 4.68 Å². The summed E-state index contributed by atoms with van der Waals surface area (Å²) in [5.41, 5.74) is 0.284. The van der Waals surface area contributed by atoms with E-state index in [-0.39, 0.29) is 0 Å². The minimum absolute atomic E-state index is 0.603. The molecule has 0 bridgehead atoms. The Labute approximate surface area is 112 Å². The van der Waals surface area contributed by atoms with Crippen molar-refractivity contribution in [1.82, 2.24) is 20.2 Å². The monoisotopic (exact) mass is 258 g/mol. The molecule has 100 valence electrons. The Hall–Kier alpha value is -1.75. The zero-order valence-electron chi connectivity index (χ0n) is 10.9. The number of nitrogens with zero attached hydrogens (tertiary/aromatic N) is 4. The molecule has 1 aliphatic carbocycles. The quantitative estimate of drug-likeness (QED) is 0.913. The molecule has 0 atom stereocenters. The van der Waals surface area contributed by atoms with Crippen LogP contribution in [0.1, 0.15) is 43.5 Å². The van der Waals surface area contributed by atoms with Gasteiger partial charge in [-0.2, -0.15) is 0 Å².